The molecule has 170 valence electrons. The Balaban J connectivity index is 1.24. The molecule has 1 aliphatic rings. The van der Waals surface area contributed by atoms with Gasteiger partial charge in [0.05, 0.1) is 11.2 Å². The molecule has 1 N–H and O–H groups in total. The van der Waals surface area contributed by atoms with E-state index in [9.17, 15) is 9.18 Å². The molecule has 1 aliphatic heterocycles. The van der Waals surface area contributed by atoms with Gasteiger partial charge in [-0.15, -0.1) is 0 Å². The highest BCUT2D eigenvalue weighted by molar-refractivity contribution is 5.92. The summed E-state index contributed by atoms with van der Waals surface area (Å²) in [6.07, 6.45) is 0.603. The summed E-state index contributed by atoms with van der Waals surface area (Å²) in [6, 6.07) is 16.9. The van der Waals surface area contributed by atoms with E-state index in [0.29, 0.717) is 17.7 Å². The largest absolute Gasteiger partial charge is 0.368 e. The normalized spacial score (nSPS) is 14.8. The second kappa shape index (κ2) is 8.83. The van der Waals surface area contributed by atoms with Crippen molar-refractivity contribution in [3.05, 3.63) is 87.7 Å². The van der Waals surface area contributed by atoms with Gasteiger partial charge in [0.15, 0.2) is 0 Å². The molecule has 7 heteroatoms. The van der Waals surface area contributed by atoms with Gasteiger partial charge in [0.25, 0.3) is 5.56 Å². The highest BCUT2D eigenvalue weighted by Gasteiger charge is 2.19. The molecular formula is C26H28FN5O. The Morgan fingerprint density at radius 2 is 1.82 bits per heavy atom. The van der Waals surface area contributed by atoms with Crippen molar-refractivity contribution < 1.29 is 4.39 Å². The average molecular weight is 446 g/mol. The molecule has 1 fully saturated rings. The van der Waals surface area contributed by atoms with Crippen LogP contribution < -0.4 is 10.5 Å². The molecule has 2 aromatic heterocycles. The summed E-state index contributed by atoms with van der Waals surface area (Å²) in [5, 5.41) is 4.20. The van der Waals surface area contributed by atoms with E-state index < -0.39 is 0 Å². The molecule has 0 bridgehead atoms. The fourth-order valence-corrected chi connectivity index (χ4v) is 4.60. The Bertz CT molecular complexity index is 1350. The van der Waals surface area contributed by atoms with Crippen molar-refractivity contribution in [2.75, 3.05) is 37.6 Å². The molecule has 3 heterocycles. The zero-order valence-electron chi connectivity index (χ0n) is 19.0. The lowest BCUT2D eigenvalue weighted by Gasteiger charge is -2.36. The highest BCUT2D eigenvalue weighted by atomic mass is 19.1. The summed E-state index contributed by atoms with van der Waals surface area (Å²) in [5.74, 6) is -0.229. The van der Waals surface area contributed by atoms with Crippen molar-refractivity contribution in [2.45, 2.75) is 20.3 Å². The predicted molar refractivity (Wildman–Crippen MR) is 130 cm³/mol. The number of rotatable bonds is 5. The Labute approximate surface area is 192 Å². The first-order valence-corrected chi connectivity index (χ1v) is 11.4. The molecule has 0 radical (unpaired) electrons. The van der Waals surface area contributed by atoms with Crippen molar-refractivity contribution in [1.82, 2.24) is 19.7 Å². The molecule has 1 saturated heterocycles. The third kappa shape index (κ3) is 4.41. The second-order valence-corrected chi connectivity index (χ2v) is 8.76. The van der Waals surface area contributed by atoms with Crippen molar-refractivity contribution in [3.8, 4) is 5.69 Å². The summed E-state index contributed by atoms with van der Waals surface area (Å²) in [6.45, 7) is 8.32. The third-order valence-corrected chi connectivity index (χ3v) is 6.39. The van der Waals surface area contributed by atoms with E-state index in [2.05, 4.69) is 50.2 Å². The van der Waals surface area contributed by atoms with E-state index in [4.69, 9.17) is 0 Å². The number of anilines is 1. The van der Waals surface area contributed by atoms with Crippen LogP contribution >= 0.6 is 0 Å². The monoisotopic (exact) mass is 445 g/mol. The van der Waals surface area contributed by atoms with Crippen molar-refractivity contribution in [2.24, 2.45) is 0 Å². The molecule has 2 aromatic carbocycles. The maximum atomic E-state index is 14.5. The van der Waals surface area contributed by atoms with E-state index in [1.807, 2.05) is 13.8 Å². The number of piperazine rings is 1. The minimum Gasteiger partial charge on any atom is -0.368 e. The van der Waals surface area contributed by atoms with Crippen LogP contribution in [0.2, 0.25) is 0 Å². The maximum Gasteiger partial charge on any atom is 0.271 e. The van der Waals surface area contributed by atoms with Gasteiger partial charge in [-0.2, -0.15) is 0 Å². The van der Waals surface area contributed by atoms with Crippen LogP contribution in [0.4, 0.5) is 10.1 Å². The summed E-state index contributed by atoms with van der Waals surface area (Å²) in [7, 11) is 0. The van der Waals surface area contributed by atoms with E-state index in [1.54, 1.807) is 12.1 Å². The van der Waals surface area contributed by atoms with Crippen molar-refractivity contribution in [1.29, 1.82) is 0 Å². The van der Waals surface area contributed by atoms with Gasteiger partial charge in [0.1, 0.15) is 5.82 Å². The van der Waals surface area contributed by atoms with Crippen LogP contribution in [0.3, 0.4) is 0 Å². The standard InChI is InChI=1S/C26H28FN5O/c1-18-6-8-22-24(28-18)4-3-5-25(22)31-14-12-30(13-15-31)11-10-20-17-21(7-9-23(20)27)32-26(33)16-19(2)29-32/h3-9,16-17,29H,10-15H2,1-2H3. The number of H-pyrrole nitrogens is 1. The van der Waals surface area contributed by atoms with Gasteiger partial charge < -0.3 is 4.90 Å². The molecule has 0 saturated carbocycles. The van der Waals surface area contributed by atoms with E-state index >= 15 is 0 Å². The highest BCUT2D eigenvalue weighted by Crippen LogP contribution is 2.27. The number of aryl methyl sites for hydroxylation is 2. The number of aromatic nitrogens is 3. The van der Waals surface area contributed by atoms with Gasteiger partial charge >= 0.3 is 0 Å². The van der Waals surface area contributed by atoms with Gasteiger partial charge in [-0.3, -0.25) is 19.8 Å². The van der Waals surface area contributed by atoms with Crippen LogP contribution in [0.15, 0.2) is 59.4 Å². The van der Waals surface area contributed by atoms with Crippen molar-refractivity contribution in [3.63, 3.8) is 0 Å². The van der Waals surface area contributed by atoms with Crippen LogP contribution in [0.5, 0.6) is 0 Å². The number of halogens is 1. The van der Waals surface area contributed by atoms with Gasteiger partial charge in [-0.25, -0.2) is 9.07 Å². The summed E-state index contributed by atoms with van der Waals surface area (Å²) >= 11 is 0. The second-order valence-electron chi connectivity index (χ2n) is 8.76. The van der Waals surface area contributed by atoms with E-state index in [-0.39, 0.29) is 11.4 Å². The summed E-state index contributed by atoms with van der Waals surface area (Å²) < 4.78 is 15.9. The number of nitrogens with one attached hydrogen (secondary N) is 1. The number of aromatic amines is 1. The Morgan fingerprint density at radius 1 is 1.00 bits per heavy atom. The molecule has 0 aliphatic carbocycles. The number of pyridine rings is 1. The van der Waals surface area contributed by atoms with Gasteiger partial charge in [0.2, 0.25) is 0 Å². The molecule has 0 unspecified atom stereocenters. The zero-order valence-corrected chi connectivity index (χ0v) is 19.0. The number of fused-ring (bicyclic) bond motifs is 1. The fraction of sp³-hybridized carbons (Fsp3) is 0.308. The fourth-order valence-electron chi connectivity index (χ4n) is 4.60. The molecule has 4 aromatic rings. The van der Waals surface area contributed by atoms with E-state index in [0.717, 1.165) is 49.6 Å². The number of benzene rings is 2. The lowest BCUT2D eigenvalue weighted by molar-refractivity contribution is 0.260. The zero-order chi connectivity index (χ0) is 22.9. The van der Waals surface area contributed by atoms with Crippen molar-refractivity contribution >= 4 is 16.6 Å². The first-order chi connectivity index (χ1) is 16.0. The van der Waals surface area contributed by atoms with Gasteiger partial charge in [0, 0.05) is 61.3 Å². The third-order valence-electron chi connectivity index (χ3n) is 6.39. The SMILES string of the molecule is Cc1ccc2c(N3CCN(CCc4cc(-n5[nH]c(C)cc5=O)ccc4F)CC3)cccc2n1. The molecule has 0 amide bonds. The number of hydrogen-bond donors (Lipinski definition) is 1. The van der Waals surface area contributed by atoms with E-state index in [1.165, 1.54) is 27.9 Å². The quantitative estimate of drug-likeness (QED) is 0.507. The minimum atomic E-state index is -0.229. The first kappa shape index (κ1) is 21.4. The predicted octanol–water partition coefficient (Wildman–Crippen LogP) is 3.83. The molecule has 33 heavy (non-hydrogen) atoms. The van der Waals surface area contributed by atoms with Crippen LogP contribution in [0.25, 0.3) is 16.6 Å². The Hall–Kier alpha value is -3.45. The number of nitrogens with zero attached hydrogens (tertiary/aromatic N) is 4. The lowest BCUT2D eigenvalue weighted by Crippen LogP contribution is -2.47. The van der Waals surface area contributed by atoms with Crippen LogP contribution in [0, 0.1) is 19.7 Å². The van der Waals surface area contributed by atoms with Crippen LogP contribution in [0.1, 0.15) is 17.0 Å². The number of hydrogen-bond acceptors (Lipinski definition) is 4. The van der Waals surface area contributed by atoms with Gasteiger partial charge in [-0.05, 0) is 68.3 Å². The molecular weight excluding hydrogens is 417 g/mol. The molecule has 0 atom stereocenters. The topological polar surface area (TPSA) is 57.2 Å². The van der Waals surface area contributed by atoms with Crippen LogP contribution in [-0.2, 0) is 6.42 Å². The van der Waals surface area contributed by atoms with Gasteiger partial charge in [-0.1, -0.05) is 6.07 Å². The first-order valence-electron chi connectivity index (χ1n) is 11.4. The lowest BCUT2D eigenvalue weighted by atomic mass is 10.1. The maximum absolute atomic E-state index is 14.5. The summed E-state index contributed by atoms with van der Waals surface area (Å²) in [4.78, 5) is 21.6. The summed E-state index contributed by atoms with van der Waals surface area (Å²) in [5.41, 5.74) is 5.21. The minimum absolute atomic E-state index is 0.139. The Morgan fingerprint density at radius 3 is 2.58 bits per heavy atom. The molecule has 6 nitrogen and oxygen atoms in total. The van der Waals surface area contributed by atoms with Crippen LogP contribution in [-0.4, -0.2) is 52.4 Å². The Kier molecular flexibility index (Phi) is 5.72. The average Bonchev–Trinajstić information content (AvgIpc) is 3.16. The molecule has 0 spiro atoms. The smallest absolute Gasteiger partial charge is 0.271 e. The molecule has 5 rings (SSSR count).